The Morgan fingerprint density at radius 3 is 2.25 bits per heavy atom. The molecule has 2 atom stereocenters. The fourth-order valence-electron chi connectivity index (χ4n) is 2.18. The Balaban J connectivity index is 1.70. The van der Waals surface area contributed by atoms with E-state index in [1.54, 1.807) is 0 Å². The van der Waals surface area contributed by atoms with Crippen LogP contribution in [0, 0.1) is 0 Å². The average molecular weight is 269 g/mol. The van der Waals surface area contributed by atoms with Crippen molar-refractivity contribution in [1.29, 1.82) is 0 Å². The van der Waals surface area contributed by atoms with E-state index in [1.165, 1.54) is 0 Å². The van der Waals surface area contributed by atoms with Crippen LogP contribution in [-0.4, -0.2) is 12.0 Å². The number of carbonyl (C=O) groups is 1. The van der Waals surface area contributed by atoms with Gasteiger partial charge in [0.15, 0.2) is 0 Å². The van der Waals surface area contributed by atoms with Crippen LogP contribution in [0.4, 0.5) is 0 Å². The molecule has 2 aromatic rings. The molecule has 0 amide bonds. The highest BCUT2D eigenvalue weighted by Gasteiger charge is 2.32. The lowest BCUT2D eigenvalue weighted by atomic mass is 10.1. The summed E-state index contributed by atoms with van der Waals surface area (Å²) >= 11 is 0. The maximum absolute atomic E-state index is 11.3. The van der Waals surface area contributed by atoms with Crippen molar-refractivity contribution in [3.63, 3.8) is 0 Å². The van der Waals surface area contributed by atoms with Crippen LogP contribution in [-0.2, 0) is 9.53 Å². The zero-order chi connectivity index (χ0) is 13.9. The van der Waals surface area contributed by atoms with Crippen molar-refractivity contribution >= 4 is 5.97 Å². The topological polar surface area (TPSA) is 61.6 Å². The van der Waals surface area contributed by atoms with E-state index in [2.05, 4.69) is 0 Å². The Hall–Kier alpha value is -2.33. The third-order valence-corrected chi connectivity index (χ3v) is 3.26. The third-order valence-electron chi connectivity index (χ3n) is 3.26. The Labute approximate surface area is 117 Å². The van der Waals surface area contributed by atoms with Gasteiger partial charge in [-0.2, -0.15) is 0 Å². The number of para-hydroxylation sites is 1. The highest BCUT2D eigenvalue weighted by Crippen LogP contribution is 2.30. The summed E-state index contributed by atoms with van der Waals surface area (Å²) < 4.78 is 10.9. The minimum absolute atomic E-state index is 0.247. The van der Waals surface area contributed by atoms with Crippen LogP contribution >= 0.6 is 0 Å². The number of benzene rings is 2. The summed E-state index contributed by atoms with van der Waals surface area (Å²) in [5, 5.41) is 0. The monoisotopic (exact) mass is 269 g/mol. The molecule has 1 fully saturated rings. The first-order chi connectivity index (χ1) is 9.72. The smallest absolute Gasteiger partial charge is 0.323 e. The average Bonchev–Trinajstić information content (AvgIpc) is 2.81. The van der Waals surface area contributed by atoms with Gasteiger partial charge in [0.1, 0.15) is 23.6 Å². The van der Waals surface area contributed by atoms with E-state index >= 15 is 0 Å². The highest BCUT2D eigenvalue weighted by molar-refractivity contribution is 5.77. The fourth-order valence-corrected chi connectivity index (χ4v) is 2.18. The number of hydrogen-bond acceptors (Lipinski definition) is 4. The molecule has 0 radical (unpaired) electrons. The van der Waals surface area contributed by atoms with Gasteiger partial charge in [-0.05, 0) is 29.8 Å². The van der Waals surface area contributed by atoms with Gasteiger partial charge in [0.2, 0.25) is 0 Å². The summed E-state index contributed by atoms with van der Waals surface area (Å²) in [7, 11) is 0. The molecule has 0 aliphatic carbocycles. The van der Waals surface area contributed by atoms with Gasteiger partial charge in [-0.15, -0.1) is 0 Å². The number of esters is 1. The molecular formula is C16H15NO3. The molecule has 0 bridgehead atoms. The lowest BCUT2D eigenvalue weighted by Crippen LogP contribution is -2.24. The second kappa shape index (κ2) is 5.35. The van der Waals surface area contributed by atoms with E-state index in [9.17, 15) is 4.79 Å². The molecule has 2 N–H and O–H groups in total. The number of carbonyl (C=O) groups excluding carboxylic acids is 1. The Morgan fingerprint density at radius 2 is 1.65 bits per heavy atom. The molecule has 4 nitrogen and oxygen atoms in total. The van der Waals surface area contributed by atoms with Gasteiger partial charge in [0, 0.05) is 6.42 Å². The summed E-state index contributed by atoms with van der Waals surface area (Å²) in [4.78, 5) is 11.3. The van der Waals surface area contributed by atoms with Gasteiger partial charge in [-0.1, -0.05) is 30.3 Å². The molecule has 20 heavy (non-hydrogen) atoms. The molecule has 3 rings (SSSR count). The number of ether oxygens (including phenoxy) is 2. The maximum Gasteiger partial charge on any atom is 0.323 e. The molecule has 2 unspecified atom stereocenters. The van der Waals surface area contributed by atoms with E-state index in [0.717, 1.165) is 17.1 Å². The second-order valence-corrected chi connectivity index (χ2v) is 4.75. The molecule has 1 heterocycles. The van der Waals surface area contributed by atoms with E-state index in [4.69, 9.17) is 15.2 Å². The summed E-state index contributed by atoms with van der Waals surface area (Å²) in [6.45, 7) is 0. The summed E-state index contributed by atoms with van der Waals surface area (Å²) in [6, 6.07) is 16.6. The summed E-state index contributed by atoms with van der Waals surface area (Å²) in [6.07, 6.45) is 0.279. The SMILES string of the molecule is NC1CC(c2ccc(Oc3ccccc3)cc2)OC1=O. The fraction of sp³-hybridized carbons (Fsp3) is 0.188. The maximum atomic E-state index is 11.3. The molecule has 0 spiro atoms. The number of rotatable bonds is 3. The van der Waals surface area contributed by atoms with Gasteiger partial charge >= 0.3 is 5.97 Å². The van der Waals surface area contributed by atoms with Crippen molar-refractivity contribution in [2.24, 2.45) is 5.73 Å². The van der Waals surface area contributed by atoms with Crippen molar-refractivity contribution < 1.29 is 14.3 Å². The second-order valence-electron chi connectivity index (χ2n) is 4.75. The molecule has 1 aliphatic rings. The van der Waals surface area contributed by atoms with Crippen LogP contribution in [0.15, 0.2) is 54.6 Å². The lowest BCUT2D eigenvalue weighted by Gasteiger charge is -2.10. The minimum Gasteiger partial charge on any atom is -0.457 e. The van der Waals surface area contributed by atoms with Crippen molar-refractivity contribution in [3.05, 3.63) is 60.2 Å². The van der Waals surface area contributed by atoms with Gasteiger partial charge in [-0.25, -0.2) is 0 Å². The summed E-state index contributed by atoms with van der Waals surface area (Å²) in [5.74, 6) is 1.20. The molecule has 1 saturated heterocycles. The van der Waals surface area contributed by atoms with Gasteiger partial charge in [-0.3, -0.25) is 4.79 Å². The quantitative estimate of drug-likeness (QED) is 0.870. The Kier molecular flexibility index (Phi) is 3.39. The Bertz CT molecular complexity index is 595. The molecule has 1 aliphatic heterocycles. The molecule has 2 aromatic carbocycles. The predicted molar refractivity (Wildman–Crippen MR) is 74.4 cm³/mol. The van der Waals surface area contributed by atoms with Crippen LogP contribution in [0.2, 0.25) is 0 Å². The van der Waals surface area contributed by atoms with E-state index in [1.807, 2.05) is 54.6 Å². The van der Waals surface area contributed by atoms with Gasteiger partial charge in [0.25, 0.3) is 0 Å². The first-order valence-corrected chi connectivity index (χ1v) is 6.51. The normalized spacial score (nSPS) is 21.6. The Morgan fingerprint density at radius 1 is 1.00 bits per heavy atom. The van der Waals surface area contributed by atoms with Crippen LogP contribution in [0.1, 0.15) is 18.1 Å². The number of nitrogens with two attached hydrogens (primary N) is 1. The van der Waals surface area contributed by atoms with Crippen molar-refractivity contribution in [1.82, 2.24) is 0 Å². The standard InChI is InChI=1S/C16H15NO3/c17-14-10-15(20-16(14)18)11-6-8-13(9-7-11)19-12-4-2-1-3-5-12/h1-9,14-15H,10,17H2. The van der Waals surface area contributed by atoms with Gasteiger partial charge < -0.3 is 15.2 Å². The van der Waals surface area contributed by atoms with E-state index in [-0.39, 0.29) is 12.1 Å². The van der Waals surface area contributed by atoms with Crippen molar-refractivity contribution in [3.8, 4) is 11.5 Å². The van der Waals surface area contributed by atoms with Crippen molar-refractivity contribution in [2.75, 3.05) is 0 Å². The van der Waals surface area contributed by atoms with Crippen LogP contribution in [0.5, 0.6) is 11.5 Å². The molecule has 4 heteroatoms. The molecule has 0 saturated carbocycles. The molecular weight excluding hydrogens is 254 g/mol. The van der Waals surface area contributed by atoms with E-state index in [0.29, 0.717) is 6.42 Å². The molecule has 0 aromatic heterocycles. The minimum atomic E-state index is -0.514. The first kappa shape index (κ1) is 12.7. The summed E-state index contributed by atoms with van der Waals surface area (Å²) in [5.41, 5.74) is 6.58. The zero-order valence-corrected chi connectivity index (χ0v) is 10.9. The van der Waals surface area contributed by atoms with Gasteiger partial charge in [0.05, 0.1) is 0 Å². The highest BCUT2D eigenvalue weighted by atomic mass is 16.6. The lowest BCUT2D eigenvalue weighted by molar-refractivity contribution is -0.142. The molecule has 102 valence electrons. The van der Waals surface area contributed by atoms with Crippen LogP contribution < -0.4 is 10.5 Å². The number of hydrogen-bond donors (Lipinski definition) is 1. The van der Waals surface area contributed by atoms with Crippen LogP contribution in [0.3, 0.4) is 0 Å². The largest absolute Gasteiger partial charge is 0.457 e. The predicted octanol–water partition coefficient (Wildman–Crippen LogP) is 2.79. The first-order valence-electron chi connectivity index (χ1n) is 6.51. The van der Waals surface area contributed by atoms with Crippen molar-refractivity contribution in [2.45, 2.75) is 18.6 Å². The zero-order valence-electron chi connectivity index (χ0n) is 10.9. The van der Waals surface area contributed by atoms with E-state index < -0.39 is 6.04 Å². The number of cyclic esters (lactones) is 1. The van der Waals surface area contributed by atoms with Crippen LogP contribution in [0.25, 0.3) is 0 Å². The third kappa shape index (κ3) is 2.65.